The smallest absolute Gasteiger partial charge is 0.411 e. The number of ether oxygens (including phenoxy) is 2. The fourth-order valence-electron chi connectivity index (χ4n) is 1.56. The number of nitrogens with one attached hydrogen (secondary N) is 1. The van der Waals surface area contributed by atoms with Crippen LogP contribution in [0, 0.1) is 12.3 Å². The molecule has 0 bridgehead atoms. The summed E-state index contributed by atoms with van der Waals surface area (Å²) in [6.45, 7) is 5.84. The molecule has 0 aliphatic heterocycles. The first-order valence-electron chi connectivity index (χ1n) is 6.23. The van der Waals surface area contributed by atoms with Crippen molar-refractivity contribution in [2.24, 2.45) is 0 Å². The Hall–Kier alpha value is -2.15. The number of anilines is 1. The lowest BCUT2D eigenvalue weighted by Crippen LogP contribution is -2.18. The van der Waals surface area contributed by atoms with E-state index in [1.54, 1.807) is 26.0 Å². The zero-order valence-corrected chi connectivity index (χ0v) is 11.5. The van der Waals surface area contributed by atoms with Crippen molar-refractivity contribution < 1.29 is 14.3 Å². The van der Waals surface area contributed by atoms with Gasteiger partial charge in [-0.2, -0.15) is 0 Å². The van der Waals surface area contributed by atoms with Crippen molar-refractivity contribution in [2.45, 2.75) is 33.3 Å². The van der Waals surface area contributed by atoms with Gasteiger partial charge in [0, 0.05) is 5.69 Å². The fraction of sp³-hybridized carbons (Fsp3) is 0.400. The van der Waals surface area contributed by atoms with Gasteiger partial charge in [-0.05, 0) is 44.0 Å². The standard InChI is InChI=1S/C15H19NO3/c1-5-9-18-14-8-7-13(10-12(14)6-2)16-15(17)19-11(3)4/h1,7-8,10-11H,6,9H2,2-4H3,(H,16,17). The van der Waals surface area contributed by atoms with Crippen LogP contribution in [0.15, 0.2) is 18.2 Å². The molecule has 0 saturated heterocycles. The maximum absolute atomic E-state index is 11.5. The first-order valence-corrected chi connectivity index (χ1v) is 6.23. The molecule has 4 nitrogen and oxygen atoms in total. The molecule has 1 amide bonds. The Bertz CT molecular complexity index is 475. The number of benzene rings is 1. The van der Waals surface area contributed by atoms with Crippen molar-refractivity contribution in [3.05, 3.63) is 23.8 Å². The molecular weight excluding hydrogens is 242 g/mol. The average Bonchev–Trinajstić information content (AvgIpc) is 2.36. The van der Waals surface area contributed by atoms with E-state index in [2.05, 4.69) is 11.2 Å². The number of aryl methyl sites for hydroxylation is 1. The molecular formula is C15H19NO3. The van der Waals surface area contributed by atoms with E-state index < -0.39 is 6.09 Å². The number of rotatable bonds is 5. The van der Waals surface area contributed by atoms with Gasteiger partial charge >= 0.3 is 6.09 Å². The highest BCUT2D eigenvalue weighted by Crippen LogP contribution is 2.23. The number of carbonyl (C=O) groups excluding carboxylic acids is 1. The summed E-state index contributed by atoms with van der Waals surface area (Å²) in [6, 6.07) is 5.40. The summed E-state index contributed by atoms with van der Waals surface area (Å²) in [7, 11) is 0. The van der Waals surface area contributed by atoms with E-state index in [0.717, 1.165) is 17.7 Å². The van der Waals surface area contributed by atoms with Crippen molar-refractivity contribution in [3.63, 3.8) is 0 Å². The summed E-state index contributed by atoms with van der Waals surface area (Å²) in [5.41, 5.74) is 1.66. The summed E-state index contributed by atoms with van der Waals surface area (Å²) in [5, 5.41) is 2.67. The molecule has 19 heavy (non-hydrogen) atoms. The Kier molecular flexibility index (Phi) is 5.74. The lowest BCUT2D eigenvalue weighted by atomic mass is 10.1. The van der Waals surface area contributed by atoms with Gasteiger partial charge in [-0.15, -0.1) is 6.42 Å². The molecule has 0 atom stereocenters. The van der Waals surface area contributed by atoms with Gasteiger partial charge in [0.05, 0.1) is 6.10 Å². The molecule has 0 aromatic heterocycles. The molecule has 0 saturated carbocycles. The predicted octanol–water partition coefficient (Wildman–Crippen LogP) is 3.22. The maximum Gasteiger partial charge on any atom is 0.411 e. The zero-order valence-electron chi connectivity index (χ0n) is 11.5. The normalized spacial score (nSPS) is 9.84. The summed E-state index contributed by atoms with van der Waals surface area (Å²) in [6.07, 6.45) is 5.34. The maximum atomic E-state index is 11.5. The van der Waals surface area contributed by atoms with Crippen molar-refractivity contribution in [1.82, 2.24) is 0 Å². The van der Waals surface area contributed by atoms with Crippen LogP contribution in [-0.4, -0.2) is 18.8 Å². The van der Waals surface area contributed by atoms with Gasteiger partial charge < -0.3 is 9.47 Å². The lowest BCUT2D eigenvalue weighted by Gasteiger charge is -2.12. The van der Waals surface area contributed by atoms with E-state index in [-0.39, 0.29) is 12.7 Å². The van der Waals surface area contributed by atoms with E-state index in [4.69, 9.17) is 15.9 Å². The van der Waals surface area contributed by atoms with Crippen molar-refractivity contribution >= 4 is 11.8 Å². The zero-order chi connectivity index (χ0) is 14.3. The number of carbonyl (C=O) groups is 1. The summed E-state index contributed by atoms with van der Waals surface area (Å²) >= 11 is 0. The highest BCUT2D eigenvalue weighted by atomic mass is 16.6. The van der Waals surface area contributed by atoms with Crippen LogP contribution in [0.2, 0.25) is 0 Å². The van der Waals surface area contributed by atoms with Gasteiger partial charge in [0.1, 0.15) is 12.4 Å². The molecule has 0 spiro atoms. The second kappa shape index (κ2) is 7.32. The predicted molar refractivity (Wildman–Crippen MR) is 75.4 cm³/mol. The topological polar surface area (TPSA) is 47.6 Å². The molecule has 0 aliphatic carbocycles. The first-order chi connectivity index (χ1) is 9.06. The van der Waals surface area contributed by atoms with Crippen molar-refractivity contribution in [3.8, 4) is 18.1 Å². The molecule has 1 aromatic rings. The van der Waals surface area contributed by atoms with Gasteiger partial charge in [-0.3, -0.25) is 5.32 Å². The van der Waals surface area contributed by atoms with Crippen LogP contribution in [-0.2, 0) is 11.2 Å². The van der Waals surface area contributed by atoms with E-state index in [1.807, 2.05) is 13.0 Å². The molecule has 0 fully saturated rings. The number of amides is 1. The summed E-state index contributed by atoms with van der Waals surface area (Å²) < 4.78 is 10.4. The van der Waals surface area contributed by atoms with Gasteiger partial charge in [0.15, 0.2) is 0 Å². The third-order valence-electron chi connectivity index (χ3n) is 2.34. The van der Waals surface area contributed by atoms with Gasteiger partial charge in [-0.1, -0.05) is 12.8 Å². The Morgan fingerprint density at radius 1 is 1.47 bits per heavy atom. The number of hydrogen-bond donors (Lipinski definition) is 1. The van der Waals surface area contributed by atoms with E-state index in [1.165, 1.54) is 0 Å². The lowest BCUT2D eigenvalue weighted by molar-refractivity contribution is 0.130. The minimum absolute atomic E-state index is 0.149. The van der Waals surface area contributed by atoms with Crippen LogP contribution in [0.25, 0.3) is 0 Å². The second-order valence-electron chi connectivity index (χ2n) is 4.25. The Balaban J connectivity index is 2.76. The Labute approximate surface area is 114 Å². The Morgan fingerprint density at radius 3 is 2.79 bits per heavy atom. The molecule has 0 aliphatic rings. The van der Waals surface area contributed by atoms with Crippen LogP contribution < -0.4 is 10.1 Å². The molecule has 1 N–H and O–H groups in total. The van der Waals surface area contributed by atoms with Crippen molar-refractivity contribution in [2.75, 3.05) is 11.9 Å². The molecule has 4 heteroatoms. The van der Waals surface area contributed by atoms with Crippen LogP contribution in [0.3, 0.4) is 0 Å². The molecule has 1 aromatic carbocycles. The number of terminal acetylenes is 1. The minimum Gasteiger partial charge on any atom is -0.481 e. The average molecular weight is 261 g/mol. The quantitative estimate of drug-likeness (QED) is 0.828. The third-order valence-corrected chi connectivity index (χ3v) is 2.34. The van der Waals surface area contributed by atoms with Crippen LogP contribution in [0.1, 0.15) is 26.3 Å². The number of hydrogen-bond acceptors (Lipinski definition) is 3. The highest BCUT2D eigenvalue weighted by molar-refractivity contribution is 5.85. The largest absolute Gasteiger partial charge is 0.481 e. The van der Waals surface area contributed by atoms with Crippen LogP contribution >= 0.6 is 0 Å². The van der Waals surface area contributed by atoms with Crippen molar-refractivity contribution in [1.29, 1.82) is 0 Å². The summed E-state index contributed by atoms with van der Waals surface area (Å²) in [4.78, 5) is 11.5. The SMILES string of the molecule is C#CCOc1ccc(NC(=O)OC(C)C)cc1CC. The van der Waals surface area contributed by atoms with Crippen LogP contribution in [0.5, 0.6) is 5.75 Å². The molecule has 0 heterocycles. The Morgan fingerprint density at radius 2 is 2.21 bits per heavy atom. The first kappa shape index (κ1) is 14.9. The van der Waals surface area contributed by atoms with Gasteiger partial charge in [-0.25, -0.2) is 4.79 Å². The molecule has 0 unspecified atom stereocenters. The molecule has 1 rings (SSSR count). The highest BCUT2D eigenvalue weighted by Gasteiger charge is 2.08. The van der Waals surface area contributed by atoms with Crippen LogP contribution in [0.4, 0.5) is 10.5 Å². The fourth-order valence-corrected chi connectivity index (χ4v) is 1.56. The third kappa shape index (κ3) is 4.92. The van der Waals surface area contributed by atoms with E-state index >= 15 is 0 Å². The molecule has 102 valence electrons. The van der Waals surface area contributed by atoms with Gasteiger partial charge in [0.25, 0.3) is 0 Å². The minimum atomic E-state index is -0.464. The van der Waals surface area contributed by atoms with Gasteiger partial charge in [0.2, 0.25) is 0 Å². The second-order valence-corrected chi connectivity index (χ2v) is 4.25. The monoisotopic (exact) mass is 261 g/mol. The summed E-state index contributed by atoms with van der Waals surface area (Å²) in [5.74, 6) is 3.16. The molecule has 0 radical (unpaired) electrons. The van der Waals surface area contributed by atoms with E-state index in [9.17, 15) is 4.79 Å². The van der Waals surface area contributed by atoms with E-state index in [0.29, 0.717) is 5.69 Å².